The van der Waals surface area contributed by atoms with Crippen molar-refractivity contribution in [1.82, 2.24) is 4.90 Å². The molecule has 0 aromatic heterocycles. The Kier molecular flexibility index (Phi) is 7.55. The number of hydrogen-bond donors (Lipinski definition) is 0. The molecular weight excluding hydrogens is 574 g/mol. The minimum Gasteiger partial charge on any atom is -0.493 e. The van der Waals surface area contributed by atoms with Crippen LogP contribution < -0.4 is 9.47 Å². The minimum atomic E-state index is -0.326. The van der Waals surface area contributed by atoms with Crippen molar-refractivity contribution in [3.05, 3.63) is 110 Å². The molecule has 0 spiro atoms. The van der Waals surface area contributed by atoms with E-state index >= 15 is 0 Å². The molecule has 4 aromatic carbocycles. The second kappa shape index (κ2) is 11.0. The molecule has 1 heterocycles. The Hall–Kier alpha value is -3.26. The van der Waals surface area contributed by atoms with E-state index in [9.17, 15) is 9.59 Å². The molecule has 186 valence electrons. The summed E-state index contributed by atoms with van der Waals surface area (Å²) in [6, 6.07) is 24.8. The summed E-state index contributed by atoms with van der Waals surface area (Å²) in [7, 11) is 1.55. The average Bonchev–Trinajstić information content (AvgIpc) is 3.17. The molecule has 1 fully saturated rings. The lowest BCUT2D eigenvalue weighted by Gasteiger charge is -2.15. The van der Waals surface area contributed by atoms with Crippen LogP contribution in [0.3, 0.4) is 0 Å². The second-order valence-corrected chi connectivity index (χ2v) is 10.6. The molecule has 0 aliphatic carbocycles. The fourth-order valence-electron chi connectivity index (χ4n) is 4.08. The van der Waals surface area contributed by atoms with Gasteiger partial charge in [0.25, 0.3) is 11.1 Å². The lowest BCUT2D eigenvalue weighted by molar-refractivity contribution is -0.123. The second-order valence-electron chi connectivity index (χ2n) is 8.31. The number of methoxy groups -OCH3 is 1. The average molecular weight is 595 g/mol. The van der Waals surface area contributed by atoms with Crippen molar-refractivity contribution in [2.24, 2.45) is 0 Å². The van der Waals surface area contributed by atoms with E-state index < -0.39 is 0 Å². The smallest absolute Gasteiger partial charge is 0.293 e. The minimum absolute atomic E-state index is 0.211. The van der Waals surface area contributed by atoms with Crippen LogP contribution in [0.25, 0.3) is 16.8 Å². The maximum atomic E-state index is 13.2. The van der Waals surface area contributed by atoms with Crippen LogP contribution in [0.2, 0.25) is 5.02 Å². The standard InChI is InChI=1S/C29H21BrClNO4S/c1-35-25-13-21(23(30)15-26(25)36-17-20-8-3-5-12-24(20)31)14-27-28(33)32(29(34)37-27)16-19-10-6-9-18-7-2-4-11-22(18)19/h2-15H,16-17H2,1H3/b27-14+. The number of thioether (sulfide) groups is 1. The number of fused-ring (bicyclic) bond motifs is 1. The van der Waals surface area contributed by atoms with E-state index in [0.29, 0.717) is 31.5 Å². The topological polar surface area (TPSA) is 55.8 Å². The third kappa shape index (κ3) is 5.39. The van der Waals surface area contributed by atoms with Crippen LogP contribution in [0, 0.1) is 0 Å². The van der Waals surface area contributed by atoms with Crippen molar-refractivity contribution in [3.63, 3.8) is 0 Å². The van der Waals surface area contributed by atoms with Gasteiger partial charge in [0.15, 0.2) is 11.5 Å². The summed E-state index contributed by atoms with van der Waals surface area (Å²) in [6.45, 7) is 0.484. The van der Waals surface area contributed by atoms with Crippen molar-refractivity contribution < 1.29 is 19.1 Å². The molecule has 5 rings (SSSR count). The summed E-state index contributed by atoms with van der Waals surface area (Å²) in [5.74, 6) is 0.694. The lowest BCUT2D eigenvalue weighted by atomic mass is 10.0. The maximum absolute atomic E-state index is 13.2. The molecule has 37 heavy (non-hydrogen) atoms. The molecule has 4 aromatic rings. The molecule has 0 bridgehead atoms. The Labute approximate surface area is 232 Å². The predicted octanol–water partition coefficient (Wildman–Crippen LogP) is 8.08. The maximum Gasteiger partial charge on any atom is 0.293 e. The molecule has 1 saturated heterocycles. The van der Waals surface area contributed by atoms with Gasteiger partial charge in [0.2, 0.25) is 0 Å². The monoisotopic (exact) mass is 593 g/mol. The summed E-state index contributed by atoms with van der Waals surface area (Å²) < 4.78 is 12.2. The first-order valence-electron chi connectivity index (χ1n) is 11.4. The quantitative estimate of drug-likeness (QED) is 0.203. The molecule has 5 nitrogen and oxygen atoms in total. The van der Waals surface area contributed by atoms with Gasteiger partial charge in [0.05, 0.1) is 18.6 Å². The number of hydrogen-bond acceptors (Lipinski definition) is 5. The van der Waals surface area contributed by atoms with Gasteiger partial charge in [-0.3, -0.25) is 14.5 Å². The number of imide groups is 1. The fourth-order valence-corrected chi connectivity index (χ4v) is 5.54. The Bertz CT molecular complexity index is 1550. The van der Waals surface area contributed by atoms with Gasteiger partial charge in [-0.05, 0) is 57.9 Å². The van der Waals surface area contributed by atoms with Gasteiger partial charge in [0.1, 0.15) is 6.61 Å². The lowest BCUT2D eigenvalue weighted by Crippen LogP contribution is -2.27. The largest absolute Gasteiger partial charge is 0.493 e. The molecule has 1 aliphatic heterocycles. The summed E-state index contributed by atoms with van der Waals surface area (Å²) in [4.78, 5) is 27.6. The zero-order chi connectivity index (χ0) is 25.9. The number of halogens is 2. The molecule has 0 atom stereocenters. The third-order valence-electron chi connectivity index (χ3n) is 5.99. The third-order valence-corrected chi connectivity index (χ3v) is 7.96. The Morgan fingerprint density at radius 3 is 2.49 bits per heavy atom. The van der Waals surface area contributed by atoms with Crippen LogP contribution >= 0.6 is 39.3 Å². The van der Waals surface area contributed by atoms with Gasteiger partial charge in [-0.15, -0.1) is 0 Å². The van der Waals surface area contributed by atoms with Gasteiger partial charge in [-0.1, -0.05) is 88.2 Å². The van der Waals surface area contributed by atoms with E-state index in [4.69, 9.17) is 21.1 Å². The van der Waals surface area contributed by atoms with Crippen molar-refractivity contribution >= 4 is 67.3 Å². The number of ether oxygens (including phenoxy) is 2. The van der Waals surface area contributed by atoms with Gasteiger partial charge >= 0.3 is 0 Å². The summed E-state index contributed by atoms with van der Waals surface area (Å²) in [5, 5.41) is 2.41. The summed E-state index contributed by atoms with van der Waals surface area (Å²) in [6.07, 6.45) is 1.69. The van der Waals surface area contributed by atoms with Gasteiger partial charge in [-0.25, -0.2) is 0 Å². The predicted molar refractivity (Wildman–Crippen MR) is 152 cm³/mol. The van der Waals surface area contributed by atoms with Crippen LogP contribution in [0.1, 0.15) is 16.7 Å². The molecule has 0 saturated carbocycles. The van der Waals surface area contributed by atoms with Crippen LogP contribution in [0.15, 0.2) is 88.2 Å². The molecule has 1 aliphatic rings. The first kappa shape index (κ1) is 25.4. The van der Waals surface area contributed by atoms with Crippen LogP contribution in [0.4, 0.5) is 4.79 Å². The number of benzene rings is 4. The van der Waals surface area contributed by atoms with E-state index in [1.165, 1.54) is 4.90 Å². The highest BCUT2D eigenvalue weighted by molar-refractivity contribution is 9.10. The van der Waals surface area contributed by atoms with Gasteiger partial charge in [0, 0.05) is 15.1 Å². The first-order chi connectivity index (χ1) is 17.9. The molecule has 0 N–H and O–H groups in total. The summed E-state index contributed by atoms with van der Waals surface area (Å²) in [5.41, 5.74) is 2.47. The van der Waals surface area contributed by atoms with Gasteiger partial charge < -0.3 is 9.47 Å². The Morgan fingerprint density at radius 1 is 0.946 bits per heavy atom. The molecular formula is C29H21BrClNO4S. The highest BCUT2D eigenvalue weighted by Gasteiger charge is 2.35. The van der Waals surface area contributed by atoms with Crippen LogP contribution in [0.5, 0.6) is 11.5 Å². The Morgan fingerprint density at radius 2 is 1.68 bits per heavy atom. The SMILES string of the molecule is COc1cc(/C=C2/SC(=O)N(Cc3cccc4ccccc34)C2=O)c(Br)cc1OCc1ccccc1Cl. The zero-order valence-corrected chi connectivity index (χ0v) is 22.9. The van der Waals surface area contributed by atoms with E-state index in [0.717, 1.165) is 33.7 Å². The normalized spacial score (nSPS) is 14.6. The van der Waals surface area contributed by atoms with Crippen LogP contribution in [-0.2, 0) is 17.9 Å². The molecule has 8 heteroatoms. The van der Waals surface area contributed by atoms with E-state index in [1.807, 2.05) is 66.7 Å². The van der Waals surface area contributed by atoms with Crippen molar-refractivity contribution in [3.8, 4) is 11.5 Å². The van der Waals surface area contributed by atoms with Crippen molar-refractivity contribution in [2.75, 3.05) is 7.11 Å². The number of carbonyl (C=O) groups excluding carboxylic acids is 2. The number of rotatable bonds is 7. The number of amides is 2. The van der Waals surface area contributed by atoms with Gasteiger partial charge in [-0.2, -0.15) is 0 Å². The van der Waals surface area contributed by atoms with Crippen molar-refractivity contribution in [1.29, 1.82) is 0 Å². The van der Waals surface area contributed by atoms with Crippen LogP contribution in [-0.4, -0.2) is 23.2 Å². The number of carbonyl (C=O) groups is 2. The van der Waals surface area contributed by atoms with E-state index in [2.05, 4.69) is 15.9 Å². The van der Waals surface area contributed by atoms with Crippen molar-refractivity contribution in [2.45, 2.75) is 13.2 Å². The fraction of sp³-hybridized carbons (Fsp3) is 0.103. The summed E-state index contributed by atoms with van der Waals surface area (Å²) >= 11 is 10.7. The highest BCUT2D eigenvalue weighted by Crippen LogP contribution is 2.39. The molecule has 2 amide bonds. The molecule has 0 radical (unpaired) electrons. The van der Waals surface area contributed by atoms with E-state index in [-0.39, 0.29) is 24.3 Å². The Balaban J connectivity index is 1.38. The number of nitrogens with zero attached hydrogens (tertiary/aromatic N) is 1. The molecule has 0 unspecified atom stereocenters. The van der Waals surface area contributed by atoms with E-state index in [1.54, 1.807) is 25.3 Å². The highest BCUT2D eigenvalue weighted by atomic mass is 79.9. The first-order valence-corrected chi connectivity index (χ1v) is 13.4. The zero-order valence-electron chi connectivity index (χ0n) is 19.7.